The summed E-state index contributed by atoms with van der Waals surface area (Å²) in [7, 11) is 0. The van der Waals surface area contributed by atoms with Crippen LogP contribution in [0, 0.1) is 0 Å². The number of rotatable bonds is 8. The van der Waals surface area contributed by atoms with Crippen molar-refractivity contribution in [2.75, 3.05) is 5.32 Å². The Morgan fingerprint density at radius 3 is 2.36 bits per heavy atom. The lowest BCUT2D eigenvalue weighted by Gasteiger charge is -2.09. The molecule has 36 heavy (non-hydrogen) atoms. The molecule has 1 amide bonds. The second-order valence-corrected chi connectivity index (χ2v) is 8.23. The maximum absolute atomic E-state index is 12.4. The Bertz CT molecular complexity index is 1540. The largest absolute Gasteiger partial charge is 0.457 e. The van der Waals surface area contributed by atoms with Crippen molar-refractivity contribution in [2.24, 2.45) is 0 Å². The van der Waals surface area contributed by atoms with Gasteiger partial charge in [0.25, 0.3) is 5.91 Å². The lowest BCUT2D eigenvalue weighted by molar-refractivity contribution is -0.134. The fourth-order valence-electron chi connectivity index (χ4n) is 3.79. The van der Waals surface area contributed by atoms with Gasteiger partial charge in [0, 0.05) is 29.6 Å². The van der Waals surface area contributed by atoms with Crippen molar-refractivity contribution in [3.8, 4) is 11.5 Å². The SMILES string of the molecule is O=C(Cc1ccccc1)C(=O)Nc1cccc(Oc2ccc3c(/C=C/c4ccccc4)n[nH]c3c2)c1. The zero-order chi connectivity index (χ0) is 24.7. The minimum atomic E-state index is -0.661. The van der Waals surface area contributed by atoms with Crippen molar-refractivity contribution in [1.82, 2.24) is 10.2 Å². The van der Waals surface area contributed by atoms with Crippen molar-refractivity contribution < 1.29 is 14.3 Å². The summed E-state index contributed by atoms with van der Waals surface area (Å²) in [4.78, 5) is 24.6. The molecule has 5 aromatic rings. The molecule has 0 bridgehead atoms. The molecule has 0 aliphatic carbocycles. The number of ether oxygens (including phenoxy) is 1. The van der Waals surface area contributed by atoms with Gasteiger partial charge in [-0.3, -0.25) is 14.7 Å². The molecule has 5 rings (SSSR count). The average molecular weight is 474 g/mol. The summed E-state index contributed by atoms with van der Waals surface area (Å²) in [6.45, 7) is 0. The van der Waals surface area contributed by atoms with E-state index in [1.54, 1.807) is 24.3 Å². The first-order valence-electron chi connectivity index (χ1n) is 11.5. The standard InChI is InChI=1S/C30H23N3O3/c34-29(18-22-10-5-2-6-11-22)30(35)31-23-12-7-13-24(19-23)36-25-15-16-26-27(32-33-28(26)20-25)17-14-21-8-3-1-4-9-21/h1-17,19-20H,18H2,(H,31,35)(H,32,33)/b17-14+. The molecule has 0 aliphatic rings. The molecule has 2 N–H and O–H groups in total. The summed E-state index contributed by atoms with van der Waals surface area (Å²) in [5, 5.41) is 11.1. The predicted octanol–water partition coefficient (Wildman–Crippen LogP) is 6.28. The van der Waals surface area contributed by atoms with Crippen LogP contribution in [0.3, 0.4) is 0 Å². The van der Waals surface area contributed by atoms with E-state index in [2.05, 4.69) is 15.5 Å². The number of amides is 1. The van der Waals surface area contributed by atoms with Gasteiger partial charge in [-0.05, 0) is 41.5 Å². The minimum absolute atomic E-state index is 0.0512. The first-order valence-corrected chi connectivity index (χ1v) is 11.5. The van der Waals surface area contributed by atoms with Crippen LogP contribution in [-0.2, 0) is 16.0 Å². The number of H-pyrrole nitrogens is 1. The number of hydrogen-bond acceptors (Lipinski definition) is 4. The number of nitrogens with zero attached hydrogens (tertiary/aromatic N) is 1. The highest BCUT2D eigenvalue weighted by atomic mass is 16.5. The molecular weight excluding hydrogens is 450 g/mol. The number of hydrogen-bond donors (Lipinski definition) is 2. The van der Waals surface area contributed by atoms with E-state index in [0.29, 0.717) is 17.2 Å². The zero-order valence-corrected chi connectivity index (χ0v) is 19.3. The highest BCUT2D eigenvalue weighted by Gasteiger charge is 2.15. The number of fused-ring (bicyclic) bond motifs is 1. The van der Waals surface area contributed by atoms with Crippen LogP contribution in [0.2, 0.25) is 0 Å². The van der Waals surface area contributed by atoms with Crippen LogP contribution in [-0.4, -0.2) is 21.9 Å². The molecule has 0 atom stereocenters. The number of nitrogens with one attached hydrogen (secondary N) is 2. The van der Waals surface area contributed by atoms with Gasteiger partial charge in [0.05, 0.1) is 11.2 Å². The van der Waals surface area contributed by atoms with E-state index in [-0.39, 0.29) is 6.42 Å². The van der Waals surface area contributed by atoms with Crippen molar-refractivity contribution >= 4 is 40.4 Å². The number of benzene rings is 4. The Balaban J connectivity index is 1.25. The fraction of sp³-hybridized carbons (Fsp3) is 0.0333. The third-order valence-corrected chi connectivity index (χ3v) is 5.59. The van der Waals surface area contributed by atoms with Gasteiger partial charge >= 0.3 is 0 Å². The quantitative estimate of drug-likeness (QED) is 0.260. The van der Waals surface area contributed by atoms with Crippen LogP contribution < -0.4 is 10.1 Å². The molecule has 176 valence electrons. The van der Waals surface area contributed by atoms with Gasteiger partial charge in [0.15, 0.2) is 0 Å². The number of aromatic amines is 1. The van der Waals surface area contributed by atoms with Crippen molar-refractivity contribution in [3.63, 3.8) is 0 Å². The first kappa shape index (κ1) is 22.8. The Morgan fingerprint density at radius 1 is 0.806 bits per heavy atom. The Morgan fingerprint density at radius 2 is 1.56 bits per heavy atom. The van der Waals surface area contributed by atoms with Crippen molar-refractivity contribution in [2.45, 2.75) is 6.42 Å². The van der Waals surface area contributed by atoms with Gasteiger partial charge in [-0.2, -0.15) is 5.10 Å². The molecule has 0 unspecified atom stereocenters. The number of carbonyl (C=O) groups excluding carboxylic acids is 2. The van der Waals surface area contributed by atoms with E-state index in [1.807, 2.05) is 91.0 Å². The maximum Gasteiger partial charge on any atom is 0.292 e. The molecule has 0 saturated heterocycles. The van der Waals surface area contributed by atoms with E-state index in [0.717, 1.165) is 27.7 Å². The Kier molecular flexibility index (Phi) is 6.67. The molecular formula is C30H23N3O3. The Hall–Kier alpha value is -4.97. The third-order valence-electron chi connectivity index (χ3n) is 5.59. The van der Waals surface area contributed by atoms with E-state index >= 15 is 0 Å². The van der Waals surface area contributed by atoms with Crippen molar-refractivity contribution in [3.05, 3.63) is 120 Å². The van der Waals surface area contributed by atoms with Crippen LogP contribution in [0.5, 0.6) is 11.5 Å². The summed E-state index contributed by atoms with van der Waals surface area (Å²) in [6.07, 6.45) is 4.04. The highest BCUT2D eigenvalue weighted by molar-refractivity contribution is 6.41. The monoisotopic (exact) mass is 473 g/mol. The number of carbonyl (C=O) groups is 2. The van der Waals surface area contributed by atoms with E-state index in [1.165, 1.54) is 0 Å². The second kappa shape index (κ2) is 10.5. The van der Waals surface area contributed by atoms with Gasteiger partial charge in [0.2, 0.25) is 5.78 Å². The molecule has 4 aromatic carbocycles. The number of ketones is 1. The van der Waals surface area contributed by atoms with Crippen LogP contribution >= 0.6 is 0 Å². The maximum atomic E-state index is 12.4. The fourth-order valence-corrected chi connectivity index (χ4v) is 3.79. The smallest absolute Gasteiger partial charge is 0.292 e. The number of aromatic nitrogens is 2. The summed E-state index contributed by atoms with van der Waals surface area (Å²) in [6, 6.07) is 31.8. The van der Waals surface area contributed by atoms with Crippen LogP contribution in [0.4, 0.5) is 5.69 Å². The van der Waals surface area contributed by atoms with E-state index in [9.17, 15) is 9.59 Å². The Labute approximate surface area is 208 Å². The van der Waals surface area contributed by atoms with Gasteiger partial charge in [-0.1, -0.05) is 72.8 Å². The molecule has 0 spiro atoms. The highest BCUT2D eigenvalue weighted by Crippen LogP contribution is 2.28. The summed E-state index contributed by atoms with van der Waals surface area (Å²) in [5.41, 5.74) is 4.06. The first-order chi connectivity index (χ1) is 17.6. The summed E-state index contributed by atoms with van der Waals surface area (Å²) < 4.78 is 6.00. The molecule has 0 aliphatic heterocycles. The molecule has 0 radical (unpaired) electrons. The molecule has 1 aromatic heterocycles. The minimum Gasteiger partial charge on any atom is -0.457 e. The molecule has 1 heterocycles. The molecule has 0 fully saturated rings. The summed E-state index contributed by atoms with van der Waals surface area (Å²) in [5.74, 6) is -0.0138. The lowest BCUT2D eigenvalue weighted by Crippen LogP contribution is -2.24. The van der Waals surface area contributed by atoms with E-state index < -0.39 is 11.7 Å². The summed E-state index contributed by atoms with van der Waals surface area (Å²) >= 11 is 0. The zero-order valence-electron chi connectivity index (χ0n) is 19.3. The van der Waals surface area contributed by atoms with Gasteiger partial charge in [0.1, 0.15) is 11.5 Å². The van der Waals surface area contributed by atoms with Gasteiger partial charge < -0.3 is 10.1 Å². The van der Waals surface area contributed by atoms with E-state index in [4.69, 9.17) is 4.74 Å². The average Bonchev–Trinajstić information content (AvgIpc) is 3.31. The molecule has 6 nitrogen and oxygen atoms in total. The lowest BCUT2D eigenvalue weighted by atomic mass is 10.1. The molecule has 6 heteroatoms. The normalized spacial score (nSPS) is 11.0. The van der Waals surface area contributed by atoms with Crippen LogP contribution in [0.1, 0.15) is 16.8 Å². The molecule has 0 saturated carbocycles. The third kappa shape index (κ3) is 5.56. The topological polar surface area (TPSA) is 84.1 Å². The number of anilines is 1. The van der Waals surface area contributed by atoms with Crippen molar-refractivity contribution in [1.29, 1.82) is 0 Å². The second-order valence-electron chi connectivity index (χ2n) is 8.23. The van der Waals surface area contributed by atoms with Gasteiger partial charge in [-0.15, -0.1) is 0 Å². The van der Waals surface area contributed by atoms with Gasteiger partial charge in [-0.25, -0.2) is 0 Å². The number of Topliss-reactive ketones (excluding diaryl/α,β-unsaturated/α-hetero) is 1. The predicted molar refractivity (Wildman–Crippen MR) is 142 cm³/mol. The van der Waals surface area contributed by atoms with Crippen LogP contribution in [0.25, 0.3) is 23.1 Å². The van der Waals surface area contributed by atoms with Crippen LogP contribution in [0.15, 0.2) is 103 Å².